The molecule has 1 aromatic carbocycles. The highest BCUT2D eigenvalue weighted by Gasteiger charge is 2.21. The van der Waals surface area contributed by atoms with Crippen LogP contribution in [0.5, 0.6) is 0 Å². The van der Waals surface area contributed by atoms with E-state index in [2.05, 4.69) is 24.0 Å². The predicted octanol–water partition coefficient (Wildman–Crippen LogP) is 4.90. The molecule has 0 aliphatic rings. The minimum absolute atomic E-state index is 0.521. The Morgan fingerprint density at radius 1 is 1.17 bits per heavy atom. The number of furan rings is 1. The van der Waals surface area contributed by atoms with E-state index in [1.54, 1.807) is 13.1 Å². The van der Waals surface area contributed by atoms with Crippen molar-refractivity contribution in [2.45, 2.75) is 26.6 Å². The van der Waals surface area contributed by atoms with Crippen molar-refractivity contribution in [1.29, 1.82) is 0 Å². The van der Waals surface area contributed by atoms with Gasteiger partial charge >= 0.3 is 0 Å². The predicted molar refractivity (Wildman–Crippen MR) is 97.0 cm³/mol. The van der Waals surface area contributed by atoms with Crippen LogP contribution in [0.4, 0.5) is 0 Å². The van der Waals surface area contributed by atoms with Crippen molar-refractivity contribution in [2.24, 2.45) is 7.05 Å². The molecule has 3 heterocycles. The summed E-state index contributed by atoms with van der Waals surface area (Å²) < 4.78 is 31.2. The first kappa shape index (κ1) is 11.8. The monoisotopic (exact) mass is 320 g/mol. The molecule has 1 atom stereocenters. The Morgan fingerprint density at radius 2 is 2.04 bits per heavy atom. The number of hydrogen-bond acceptors (Lipinski definition) is 2. The van der Waals surface area contributed by atoms with E-state index in [-0.39, 0.29) is 0 Å². The molecule has 0 saturated carbocycles. The lowest BCUT2D eigenvalue weighted by Gasteiger charge is -2.08. The molecule has 4 aromatic rings. The van der Waals surface area contributed by atoms with Crippen molar-refractivity contribution >= 4 is 21.9 Å². The average Bonchev–Trinajstić information content (AvgIpc) is 2.99. The maximum atomic E-state index is 7.67. The van der Waals surface area contributed by atoms with E-state index in [0.29, 0.717) is 0 Å². The van der Waals surface area contributed by atoms with Gasteiger partial charge in [0.2, 0.25) is 5.69 Å². The molecule has 0 aliphatic heterocycles. The molecule has 3 heteroatoms. The van der Waals surface area contributed by atoms with Gasteiger partial charge in [0.05, 0.1) is 5.56 Å². The fourth-order valence-corrected chi connectivity index (χ4v) is 3.25. The smallest absolute Gasteiger partial charge is 0.216 e. The molecule has 3 nitrogen and oxygen atoms in total. The highest BCUT2D eigenvalue weighted by Crippen LogP contribution is 2.36. The van der Waals surface area contributed by atoms with Gasteiger partial charge in [-0.3, -0.25) is 4.98 Å². The van der Waals surface area contributed by atoms with Gasteiger partial charge in [-0.25, -0.2) is 4.57 Å². The zero-order valence-corrected chi connectivity index (χ0v) is 14.0. The first-order chi connectivity index (χ1) is 12.8. The van der Waals surface area contributed by atoms with Crippen LogP contribution in [0.3, 0.4) is 0 Å². The highest BCUT2D eigenvalue weighted by molar-refractivity contribution is 6.09. The van der Waals surface area contributed by atoms with Crippen LogP contribution < -0.4 is 4.57 Å². The molecule has 4 rings (SSSR count). The summed E-state index contributed by atoms with van der Waals surface area (Å²) in [7, 11) is 1.94. The van der Waals surface area contributed by atoms with E-state index < -0.39 is 12.8 Å². The second-order valence-corrected chi connectivity index (χ2v) is 6.29. The Morgan fingerprint density at radius 3 is 2.83 bits per heavy atom. The second-order valence-electron chi connectivity index (χ2n) is 6.29. The van der Waals surface area contributed by atoms with Crippen molar-refractivity contribution in [3.05, 3.63) is 60.0 Å². The minimum Gasteiger partial charge on any atom is -0.455 e. The first-order valence-electron chi connectivity index (χ1n) is 9.53. The van der Waals surface area contributed by atoms with Crippen molar-refractivity contribution in [3.8, 4) is 11.3 Å². The summed E-state index contributed by atoms with van der Waals surface area (Å²) in [5.41, 5.74) is 5.51. The van der Waals surface area contributed by atoms with Gasteiger partial charge in [0.25, 0.3) is 0 Å². The Balaban J connectivity index is 1.93. The summed E-state index contributed by atoms with van der Waals surface area (Å²) in [4.78, 5) is 4.21. The molecule has 1 unspecified atom stereocenters. The number of pyridine rings is 2. The molecule has 0 radical (unpaired) electrons. The molecule has 0 aliphatic carbocycles. The Hall–Kier alpha value is -2.68. The Kier molecular flexibility index (Phi) is 2.68. The maximum Gasteiger partial charge on any atom is 0.216 e. The normalized spacial score (nSPS) is 15.2. The molecule has 24 heavy (non-hydrogen) atoms. The number of aryl methyl sites for hydroxylation is 2. The molecular weight excluding hydrogens is 296 g/mol. The van der Waals surface area contributed by atoms with Gasteiger partial charge in [-0.05, 0) is 30.5 Å². The van der Waals surface area contributed by atoms with Crippen LogP contribution in [0.15, 0.2) is 53.3 Å². The van der Waals surface area contributed by atoms with E-state index in [1.165, 1.54) is 0 Å². The quantitative estimate of drug-likeness (QED) is 0.491. The summed E-state index contributed by atoms with van der Waals surface area (Å²) >= 11 is 0. The van der Waals surface area contributed by atoms with Gasteiger partial charge in [-0.15, -0.1) is 0 Å². The topological polar surface area (TPSA) is 29.9 Å². The molecule has 0 bridgehead atoms. The van der Waals surface area contributed by atoms with Gasteiger partial charge in [0, 0.05) is 38.9 Å². The molecule has 0 saturated heterocycles. The number of hydrogen-bond donors (Lipinski definition) is 0. The van der Waals surface area contributed by atoms with E-state index >= 15 is 0 Å². The lowest BCUT2D eigenvalue weighted by molar-refractivity contribution is -0.660. The summed E-state index contributed by atoms with van der Waals surface area (Å²) in [5, 5.41) is 2.02. The first-order valence-corrected chi connectivity index (χ1v) is 8.03. The van der Waals surface area contributed by atoms with Crippen molar-refractivity contribution in [2.75, 3.05) is 0 Å². The van der Waals surface area contributed by atoms with Crippen LogP contribution in [0.1, 0.15) is 34.9 Å². The van der Waals surface area contributed by atoms with E-state index in [0.717, 1.165) is 44.3 Å². The van der Waals surface area contributed by atoms with Gasteiger partial charge < -0.3 is 4.42 Å². The van der Waals surface area contributed by atoms with E-state index in [1.807, 2.05) is 42.2 Å². The van der Waals surface area contributed by atoms with Gasteiger partial charge in [-0.2, -0.15) is 0 Å². The lowest BCUT2D eigenvalue weighted by Crippen LogP contribution is -2.31. The molecule has 120 valence electrons. The molecule has 3 aromatic heterocycles. The fourth-order valence-electron chi connectivity index (χ4n) is 3.25. The lowest BCUT2D eigenvalue weighted by atomic mass is 9.99. The van der Waals surface area contributed by atoms with Crippen molar-refractivity contribution in [1.82, 2.24) is 4.98 Å². The van der Waals surface area contributed by atoms with Crippen LogP contribution in [0.2, 0.25) is 0 Å². The Bertz CT molecular complexity index is 1160. The fraction of sp³-hybridized carbons (Fsp3) is 0.238. The maximum absolute atomic E-state index is 7.67. The molecule has 0 spiro atoms. The zero-order chi connectivity index (χ0) is 19.3. The number of benzene rings is 1. The van der Waals surface area contributed by atoms with Gasteiger partial charge in [0.15, 0.2) is 6.20 Å². The summed E-state index contributed by atoms with van der Waals surface area (Å²) in [5.74, 6) is -0.521. The second kappa shape index (κ2) is 5.45. The summed E-state index contributed by atoms with van der Waals surface area (Å²) in [6.45, 7) is 1.77. The van der Waals surface area contributed by atoms with Crippen molar-refractivity contribution in [3.63, 3.8) is 0 Å². The van der Waals surface area contributed by atoms with E-state index in [4.69, 9.17) is 8.53 Å². The molecule has 0 fully saturated rings. The number of fused-ring (bicyclic) bond motifs is 3. The van der Waals surface area contributed by atoms with Crippen molar-refractivity contribution < 1.29 is 13.1 Å². The summed E-state index contributed by atoms with van der Waals surface area (Å²) in [6.07, 6.45) is 5.44. The molecular formula is C21H21N2O+. The van der Waals surface area contributed by atoms with Crippen LogP contribution in [0.25, 0.3) is 33.2 Å². The summed E-state index contributed by atoms with van der Waals surface area (Å²) in [6, 6.07) is 9.89. The third-order valence-electron chi connectivity index (χ3n) is 4.56. The van der Waals surface area contributed by atoms with Crippen LogP contribution >= 0.6 is 0 Å². The Labute approximate surface area is 145 Å². The molecule has 0 N–H and O–H groups in total. The van der Waals surface area contributed by atoms with E-state index in [9.17, 15) is 0 Å². The van der Waals surface area contributed by atoms with Gasteiger partial charge in [0.1, 0.15) is 18.2 Å². The number of rotatable bonds is 2. The van der Waals surface area contributed by atoms with Crippen LogP contribution in [0, 0.1) is 6.92 Å². The van der Waals surface area contributed by atoms with Gasteiger partial charge in [-0.1, -0.05) is 25.9 Å². The minimum atomic E-state index is -2.02. The molecule has 0 amide bonds. The average molecular weight is 320 g/mol. The third kappa shape index (κ3) is 2.20. The number of aromatic nitrogens is 2. The SMILES string of the molecule is [2H]C([2H])([2H])C(C)c1ccc(-c2c(C)ccc3c2oc2ccncc23)[n+](C)c1. The third-order valence-corrected chi connectivity index (χ3v) is 4.56. The standard InChI is InChI=1S/C21H21N2O/c1-13(2)15-6-8-18(23(4)12-15)20-14(3)5-7-16-17-11-22-10-9-19(17)24-21(16)20/h5-13H,1-4H3/q+1/i1D3. The largest absolute Gasteiger partial charge is 0.455 e. The highest BCUT2D eigenvalue weighted by atomic mass is 16.3. The number of nitrogens with zero attached hydrogens (tertiary/aromatic N) is 2. The zero-order valence-electron chi connectivity index (χ0n) is 17.0. The van der Waals surface area contributed by atoms with Crippen LogP contribution in [-0.2, 0) is 7.05 Å². The van der Waals surface area contributed by atoms with Crippen LogP contribution in [-0.4, -0.2) is 4.98 Å².